The monoisotopic (exact) mass is 412 g/mol. The molecular formula is C24H32N2O2S. The van der Waals surface area contributed by atoms with Crippen LogP contribution in [0.25, 0.3) is 6.08 Å². The molecule has 0 aromatic carbocycles. The fourth-order valence-corrected chi connectivity index (χ4v) is 6.06. The number of nitrogens with zero attached hydrogens (tertiary/aromatic N) is 1. The predicted molar refractivity (Wildman–Crippen MR) is 120 cm³/mol. The van der Waals surface area contributed by atoms with Gasteiger partial charge in [0.15, 0.2) is 5.13 Å². The quantitative estimate of drug-likeness (QED) is 0.627. The van der Waals surface area contributed by atoms with E-state index in [1.807, 2.05) is 0 Å². The van der Waals surface area contributed by atoms with Crippen molar-refractivity contribution in [2.24, 2.45) is 17.3 Å². The van der Waals surface area contributed by atoms with Crippen molar-refractivity contribution >= 4 is 28.5 Å². The Morgan fingerprint density at radius 3 is 2.86 bits per heavy atom. The molecule has 1 amide bonds. The molecule has 0 radical (unpaired) electrons. The lowest BCUT2D eigenvalue weighted by Gasteiger charge is -2.41. The van der Waals surface area contributed by atoms with Crippen LogP contribution in [0.5, 0.6) is 0 Å². The van der Waals surface area contributed by atoms with E-state index in [2.05, 4.69) is 54.5 Å². The molecule has 3 aliphatic carbocycles. The molecule has 0 spiro atoms. The van der Waals surface area contributed by atoms with Crippen LogP contribution in [0.3, 0.4) is 0 Å². The molecule has 1 aromatic rings. The Labute approximate surface area is 177 Å². The van der Waals surface area contributed by atoms with Crippen molar-refractivity contribution in [1.29, 1.82) is 0 Å². The highest BCUT2D eigenvalue weighted by molar-refractivity contribution is 7.16. The summed E-state index contributed by atoms with van der Waals surface area (Å²) in [6, 6.07) is 0. The number of aliphatic hydroxyl groups is 1. The summed E-state index contributed by atoms with van der Waals surface area (Å²) < 4.78 is 0. The number of allylic oxidation sites excluding steroid dienone is 4. The standard InChI is InChI=1S/C24H32N2O2S/c1-24(2,22(28)26-23-25-19-13-6-7-14-20(19)29-23)21(16-9-4-3-5-10-16)17-11-8-12-18(27)15-17/h6,8-9,11,13,17-18,21,27H,3-5,7,10,12,14-15H2,1-2H3,(H,25,26,28). The normalized spacial score (nSPS) is 25.3. The number of fused-ring (bicyclic) bond motifs is 1. The molecule has 3 unspecified atom stereocenters. The first-order valence-electron chi connectivity index (χ1n) is 11.0. The second-order valence-electron chi connectivity index (χ2n) is 9.16. The molecule has 1 heterocycles. The topological polar surface area (TPSA) is 62.2 Å². The molecule has 3 aliphatic rings. The van der Waals surface area contributed by atoms with E-state index in [1.54, 1.807) is 11.3 Å². The SMILES string of the molecule is CC(C)(C(=O)Nc1nc2c(s1)CCC=C2)C(C1=CCCCC1)C1C=CCC(O)C1. The van der Waals surface area contributed by atoms with E-state index >= 15 is 0 Å². The van der Waals surface area contributed by atoms with E-state index in [1.165, 1.54) is 23.3 Å². The zero-order valence-corrected chi connectivity index (χ0v) is 18.3. The van der Waals surface area contributed by atoms with E-state index in [0.29, 0.717) is 11.6 Å². The van der Waals surface area contributed by atoms with Gasteiger partial charge in [0.2, 0.25) is 5.91 Å². The third kappa shape index (κ3) is 4.41. The zero-order chi connectivity index (χ0) is 20.4. The Balaban J connectivity index is 1.59. The van der Waals surface area contributed by atoms with Crippen molar-refractivity contribution in [3.05, 3.63) is 40.4 Å². The lowest BCUT2D eigenvalue weighted by Crippen LogP contribution is -2.43. The number of hydrogen-bond acceptors (Lipinski definition) is 4. The molecule has 0 bridgehead atoms. The Kier molecular flexibility index (Phi) is 6.07. The van der Waals surface area contributed by atoms with Crippen LogP contribution >= 0.6 is 11.3 Å². The van der Waals surface area contributed by atoms with Gasteiger partial charge in [-0.15, -0.1) is 11.3 Å². The summed E-state index contributed by atoms with van der Waals surface area (Å²) in [5.41, 5.74) is 1.80. The summed E-state index contributed by atoms with van der Waals surface area (Å²) in [5.74, 6) is 0.317. The minimum atomic E-state index is -0.586. The molecular weight excluding hydrogens is 380 g/mol. The Morgan fingerprint density at radius 2 is 2.14 bits per heavy atom. The second-order valence-corrected chi connectivity index (χ2v) is 10.2. The van der Waals surface area contributed by atoms with Crippen LogP contribution in [-0.4, -0.2) is 22.1 Å². The molecule has 1 aromatic heterocycles. The molecule has 5 heteroatoms. The number of carbonyl (C=O) groups excluding carboxylic acids is 1. The number of aliphatic hydroxyl groups excluding tert-OH is 1. The zero-order valence-electron chi connectivity index (χ0n) is 17.5. The largest absolute Gasteiger partial charge is 0.393 e. The van der Waals surface area contributed by atoms with Gasteiger partial charge in [0, 0.05) is 10.8 Å². The van der Waals surface area contributed by atoms with Gasteiger partial charge >= 0.3 is 0 Å². The maximum absolute atomic E-state index is 13.5. The molecule has 4 rings (SSSR count). The highest BCUT2D eigenvalue weighted by Gasteiger charge is 2.43. The lowest BCUT2D eigenvalue weighted by atomic mass is 9.63. The molecule has 0 fully saturated rings. The molecule has 0 aliphatic heterocycles. The van der Waals surface area contributed by atoms with E-state index in [4.69, 9.17) is 0 Å². The van der Waals surface area contributed by atoms with Gasteiger partial charge in [-0.2, -0.15) is 0 Å². The highest BCUT2D eigenvalue weighted by atomic mass is 32.1. The number of aryl methyl sites for hydroxylation is 1. The number of amides is 1. The average Bonchev–Trinajstić information content (AvgIpc) is 3.11. The summed E-state index contributed by atoms with van der Waals surface area (Å²) in [6.45, 7) is 4.12. The van der Waals surface area contributed by atoms with E-state index in [9.17, 15) is 9.90 Å². The van der Waals surface area contributed by atoms with Gasteiger partial charge in [-0.05, 0) is 63.4 Å². The minimum absolute atomic E-state index is 0.0255. The predicted octanol–water partition coefficient (Wildman–Crippen LogP) is 5.51. The number of thiazole rings is 1. The fraction of sp³-hybridized carbons (Fsp3) is 0.583. The molecule has 156 valence electrons. The smallest absolute Gasteiger partial charge is 0.232 e. The highest BCUT2D eigenvalue weighted by Crippen LogP contribution is 2.46. The summed E-state index contributed by atoms with van der Waals surface area (Å²) in [7, 11) is 0. The lowest BCUT2D eigenvalue weighted by molar-refractivity contribution is -0.127. The Morgan fingerprint density at radius 1 is 1.28 bits per heavy atom. The maximum atomic E-state index is 13.5. The fourth-order valence-electron chi connectivity index (χ4n) is 5.10. The summed E-state index contributed by atoms with van der Waals surface area (Å²) in [4.78, 5) is 19.4. The third-order valence-corrected chi connectivity index (χ3v) is 7.66. The van der Waals surface area contributed by atoms with Crippen molar-refractivity contribution in [2.45, 2.75) is 71.3 Å². The Hall–Kier alpha value is -1.72. The van der Waals surface area contributed by atoms with Gasteiger partial charge in [0.1, 0.15) is 0 Å². The van der Waals surface area contributed by atoms with Gasteiger partial charge in [-0.1, -0.05) is 43.7 Å². The van der Waals surface area contributed by atoms with Crippen molar-refractivity contribution in [1.82, 2.24) is 4.98 Å². The van der Waals surface area contributed by atoms with Crippen LogP contribution in [-0.2, 0) is 11.2 Å². The van der Waals surface area contributed by atoms with Crippen LogP contribution in [0.2, 0.25) is 0 Å². The summed E-state index contributed by atoms with van der Waals surface area (Å²) in [5, 5.41) is 14.1. The minimum Gasteiger partial charge on any atom is -0.393 e. The number of anilines is 1. The van der Waals surface area contributed by atoms with E-state index in [0.717, 1.165) is 37.8 Å². The van der Waals surface area contributed by atoms with Crippen LogP contribution in [0, 0.1) is 17.3 Å². The van der Waals surface area contributed by atoms with Crippen molar-refractivity contribution < 1.29 is 9.90 Å². The van der Waals surface area contributed by atoms with Gasteiger partial charge in [0.05, 0.1) is 17.2 Å². The summed E-state index contributed by atoms with van der Waals surface area (Å²) in [6.07, 6.45) is 18.6. The Bertz CT molecular complexity index is 849. The number of rotatable bonds is 5. The van der Waals surface area contributed by atoms with Crippen LogP contribution < -0.4 is 5.32 Å². The first-order valence-corrected chi connectivity index (χ1v) is 11.8. The maximum Gasteiger partial charge on any atom is 0.232 e. The number of carbonyl (C=O) groups is 1. The first-order chi connectivity index (χ1) is 13.9. The van der Waals surface area contributed by atoms with Gasteiger partial charge in [-0.3, -0.25) is 4.79 Å². The van der Waals surface area contributed by atoms with Gasteiger partial charge in [0.25, 0.3) is 0 Å². The molecule has 0 saturated carbocycles. The average molecular weight is 413 g/mol. The molecule has 3 atom stereocenters. The molecule has 0 saturated heterocycles. The van der Waals surface area contributed by atoms with Crippen LogP contribution in [0.4, 0.5) is 5.13 Å². The van der Waals surface area contributed by atoms with E-state index < -0.39 is 5.41 Å². The number of aromatic nitrogens is 1. The van der Waals surface area contributed by atoms with Gasteiger partial charge in [-0.25, -0.2) is 4.98 Å². The first kappa shape index (κ1) is 20.5. The third-order valence-electron chi connectivity index (χ3n) is 6.61. The van der Waals surface area contributed by atoms with Crippen LogP contribution in [0.1, 0.15) is 69.4 Å². The number of nitrogens with one attached hydrogen (secondary N) is 1. The van der Waals surface area contributed by atoms with Crippen molar-refractivity contribution in [3.63, 3.8) is 0 Å². The van der Waals surface area contributed by atoms with Crippen molar-refractivity contribution in [3.8, 4) is 0 Å². The summed E-state index contributed by atoms with van der Waals surface area (Å²) >= 11 is 1.60. The second kappa shape index (κ2) is 8.57. The molecule has 4 nitrogen and oxygen atoms in total. The van der Waals surface area contributed by atoms with Crippen LogP contribution in [0.15, 0.2) is 29.9 Å². The van der Waals surface area contributed by atoms with Crippen molar-refractivity contribution in [2.75, 3.05) is 5.32 Å². The molecule has 29 heavy (non-hydrogen) atoms. The molecule has 2 N–H and O–H groups in total. The van der Waals surface area contributed by atoms with Gasteiger partial charge < -0.3 is 10.4 Å². The number of hydrogen-bond donors (Lipinski definition) is 2. The van der Waals surface area contributed by atoms with E-state index in [-0.39, 0.29) is 23.8 Å².